The number of aryl methyl sites for hydroxylation is 1. The molecule has 0 saturated heterocycles. The SMILES string of the molecule is COc1ccc(S(=O)(=O)N(C)CC(=O)N[C@H](C)c2cc(C(C)C)c(OC)cc2C)cc1OC. The number of amides is 1. The lowest BCUT2D eigenvalue weighted by molar-refractivity contribution is -0.121. The van der Waals surface area contributed by atoms with E-state index in [1.807, 2.05) is 26.0 Å². The van der Waals surface area contributed by atoms with Gasteiger partial charge in [-0.1, -0.05) is 13.8 Å². The predicted octanol–water partition coefficient (Wildman–Crippen LogP) is 3.64. The van der Waals surface area contributed by atoms with Crippen molar-refractivity contribution >= 4 is 15.9 Å². The average molecular weight is 479 g/mol. The van der Waals surface area contributed by atoms with Crippen LogP contribution in [0.1, 0.15) is 49.4 Å². The van der Waals surface area contributed by atoms with Crippen LogP contribution in [-0.4, -0.2) is 53.6 Å². The summed E-state index contributed by atoms with van der Waals surface area (Å²) in [6, 6.07) is 7.99. The maximum absolute atomic E-state index is 13.0. The monoisotopic (exact) mass is 478 g/mol. The van der Waals surface area contributed by atoms with E-state index in [1.54, 1.807) is 7.11 Å². The van der Waals surface area contributed by atoms with Crippen LogP contribution >= 0.6 is 0 Å². The Bertz CT molecular complexity index is 1100. The van der Waals surface area contributed by atoms with Crippen LogP contribution in [0.4, 0.5) is 0 Å². The van der Waals surface area contributed by atoms with Crippen molar-refractivity contribution < 1.29 is 27.4 Å². The molecule has 1 N–H and O–H groups in total. The highest BCUT2D eigenvalue weighted by Crippen LogP contribution is 2.32. The van der Waals surface area contributed by atoms with Crippen LogP contribution < -0.4 is 19.5 Å². The van der Waals surface area contributed by atoms with Gasteiger partial charge in [-0.2, -0.15) is 4.31 Å². The van der Waals surface area contributed by atoms with Gasteiger partial charge in [0.2, 0.25) is 15.9 Å². The number of hydrogen-bond donors (Lipinski definition) is 1. The molecule has 8 nitrogen and oxygen atoms in total. The van der Waals surface area contributed by atoms with Gasteiger partial charge in [-0.05, 0) is 60.7 Å². The second-order valence-electron chi connectivity index (χ2n) is 8.17. The number of rotatable bonds is 10. The van der Waals surface area contributed by atoms with Gasteiger partial charge in [-0.3, -0.25) is 4.79 Å². The number of benzene rings is 2. The first-order chi connectivity index (χ1) is 15.5. The molecule has 0 radical (unpaired) electrons. The number of methoxy groups -OCH3 is 3. The zero-order valence-corrected chi connectivity index (χ0v) is 21.4. The highest BCUT2D eigenvalue weighted by molar-refractivity contribution is 7.89. The Morgan fingerprint density at radius 1 is 0.939 bits per heavy atom. The summed E-state index contributed by atoms with van der Waals surface area (Å²) in [5.41, 5.74) is 2.99. The van der Waals surface area contributed by atoms with Gasteiger partial charge >= 0.3 is 0 Å². The largest absolute Gasteiger partial charge is 0.496 e. The van der Waals surface area contributed by atoms with Crippen LogP contribution in [0.3, 0.4) is 0 Å². The molecule has 0 unspecified atom stereocenters. The van der Waals surface area contributed by atoms with Crippen molar-refractivity contribution in [3.05, 3.63) is 47.0 Å². The second-order valence-corrected chi connectivity index (χ2v) is 10.2. The molecule has 2 aromatic rings. The maximum atomic E-state index is 13.0. The maximum Gasteiger partial charge on any atom is 0.243 e. The third-order valence-corrected chi connectivity index (χ3v) is 7.31. The van der Waals surface area contributed by atoms with E-state index in [4.69, 9.17) is 14.2 Å². The molecule has 1 atom stereocenters. The summed E-state index contributed by atoms with van der Waals surface area (Å²) in [5, 5.41) is 2.91. The first-order valence-corrected chi connectivity index (χ1v) is 12.1. The highest BCUT2D eigenvalue weighted by Gasteiger charge is 2.25. The minimum atomic E-state index is -3.91. The van der Waals surface area contributed by atoms with Crippen LogP contribution in [0.25, 0.3) is 0 Å². The van der Waals surface area contributed by atoms with Crippen molar-refractivity contribution in [3.8, 4) is 17.2 Å². The Kier molecular flexibility index (Phi) is 8.74. The molecule has 0 saturated carbocycles. The van der Waals surface area contributed by atoms with Crippen molar-refractivity contribution in [2.45, 2.75) is 44.6 Å². The van der Waals surface area contributed by atoms with Crippen molar-refractivity contribution in [2.75, 3.05) is 34.9 Å². The molecule has 2 rings (SSSR count). The van der Waals surface area contributed by atoms with Gasteiger partial charge in [-0.15, -0.1) is 0 Å². The molecule has 9 heteroatoms. The summed E-state index contributed by atoms with van der Waals surface area (Å²) >= 11 is 0. The standard InChI is InChI=1S/C24H34N2O6S/c1-15(2)19-13-20(16(3)11-22(19)31-7)17(4)25-24(27)14-26(5)33(28,29)18-9-10-21(30-6)23(12-18)32-8/h9-13,15,17H,14H2,1-8H3,(H,25,27)/t17-/m1/s1. The molecule has 0 aliphatic heterocycles. The molecule has 0 bridgehead atoms. The van der Waals surface area contributed by atoms with E-state index in [-0.39, 0.29) is 23.4 Å². The van der Waals surface area contributed by atoms with Gasteiger partial charge in [-0.25, -0.2) is 8.42 Å². The Balaban J connectivity index is 2.18. The van der Waals surface area contributed by atoms with E-state index in [0.29, 0.717) is 11.5 Å². The van der Waals surface area contributed by atoms with Gasteiger partial charge in [0, 0.05) is 13.1 Å². The van der Waals surface area contributed by atoms with Crippen LogP contribution in [0, 0.1) is 6.92 Å². The van der Waals surface area contributed by atoms with Crippen molar-refractivity contribution in [1.29, 1.82) is 0 Å². The summed E-state index contributed by atoms with van der Waals surface area (Å²) in [6.45, 7) is 7.66. The molecular weight excluding hydrogens is 444 g/mol. The number of nitrogens with zero attached hydrogens (tertiary/aromatic N) is 1. The number of hydrogen-bond acceptors (Lipinski definition) is 6. The second kappa shape index (κ2) is 10.9. The van der Waals surface area contributed by atoms with E-state index in [9.17, 15) is 13.2 Å². The third kappa shape index (κ3) is 5.97. The fourth-order valence-corrected chi connectivity index (χ4v) is 4.76. The molecule has 33 heavy (non-hydrogen) atoms. The van der Waals surface area contributed by atoms with E-state index in [1.165, 1.54) is 39.5 Å². The van der Waals surface area contributed by atoms with Crippen LogP contribution in [-0.2, 0) is 14.8 Å². The van der Waals surface area contributed by atoms with E-state index < -0.39 is 15.9 Å². The van der Waals surface area contributed by atoms with E-state index >= 15 is 0 Å². The summed E-state index contributed by atoms with van der Waals surface area (Å²) < 4.78 is 42.8. The third-order valence-electron chi connectivity index (χ3n) is 5.51. The van der Waals surface area contributed by atoms with E-state index in [2.05, 4.69) is 19.2 Å². The Labute approximate surface area is 196 Å². The summed E-state index contributed by atoms with van der Waals surface area (Å²) in [5.74, 6) is 1.36. The Morgan fingerprint density at radius 2 is 1.55 bits per heavy atom. The molecule has 1 amide bonds. The van der Waals surface area contributed by atoms with Crippen molar-refractivity contribution in [3.63, 3.8) is 0 Å². The van der Waals surface area contributed by atoms with Gasteiger partial charge in [0.15, 0.2) is 11.5 Å². The lowest BCUT2D eigenvalue weighted by Gasteiger charge is -2.22. The molecule has 0 spiro atoms. The van der Waals surface area contributed by atoms with Gasteiger partial charge in [0.1, 0.15) is 5.75 Å². The molecule has 0 aliphatic rings. The lowest BCUT2D eigenvalue weighted by Crippen LogP contribution is -2.39. The molecular formula is C24H34N2O6S. The Hall–Kier alpha value is -2.78. The quantitative estimate of drug-likeness (QED) is 0.560. The summed E-state index contributed by atoms with van der Waals surface area (Å²) in [4.78, 5) is 12.7. The number of carbonyl (C=O) groups is 1. The molecule has 0 fully saturated rings. The minimum absolute atomic E-state index is 0.0103. The normalized spacial score (nSPS) is 12.5. The van der Waals surface area contributed by atoms with Gasteiger partial charge in [0.25, 0.3) is 0 Å². The van der Waals surface area contributed by atoms with E-state index in [0.717, 1.165) is 26.7 Å². The predicted molar refractivity (Wildman–Crippen MR) is 128 cm³/mol. The van der Waals surface area contributed by atoms with Crippen LogP contribution in [0.5, 0.6) is 17.2 Å². The topological polar surface area (TPSA) is 94.2 Å². The smallest absolute Gasteiger partial charge is 0.243 e. The minimum Gasteiger partial charge on any atom is -0.496 e. The van der Waals surface area contributed by atoms with Gasteiger partial charge in [0.05, 0.1) is 38.8 Å². The van der Waals surface area contributed by atoms with Crippen molar-refractivity contribution in [2.24, 2.45) is 0 Å². The number of carbonyl (C=O) groups excluding carboxylic acids is 1. The first-order valence-electron chi connectivity index (χ1n) is 10.6. The fourth-order valence-electron chi connectivity index (χ4n) is 3.62. The molecule has 0 aromatic heterocycles. The molecule has 0 aliphatic carbocycles. The molecule has 0 heterocycles. The van der Waals surface area contributed by atoms with Gasteiger partial charge < -0.3 is 19.5 Å². The highest BCUT2D eigenvalue weighted by atomic mass is 32.2. The zero-order chi connectivity index (χ0) is 24.9. The van der Waals surface area contributed by atoms with Crippen LogP contribution in [0.2, 0.25) is 0 Å². The number of nitrogens with one attached hydrogen (secondary N) is 1. The molecule has 182 valence electrons. The summed E-state index contributed by atoms with van der Waals surface area (Å²) in [7, 11) is 2.00. The Morgan fingerprint density at radius 3 is 2.09 bits per heavy atom. The number of ether oxygens (including phenoxy) is 3. The number of likely N-dealkylation sites (N-methyl/N-ethyl adjacent to an activating group) is 1. The fraction of sp³-hybridized carbons (Fsp3) is 0.458. The lowest BCUT2D eigenvalue weighted by atomic mass is 9.93. The zero-order valence-electron chi connectivity index (χ0n) is 20.6. The number of sulfonamides is 1. The summed E-state index contributed by atoms with van der Waals surface area (Å²) in [6.07, 6.45) is 0. The average Bonchev–Trinajstić information content (AvgIpc) is 2.77. The van der Waals surface area contributed by atoms with Crippen LogP contribution in [0.15, 0.2) is 35.2 Å². The van der Waals surface area contributed by atoms with Crippen molar-refractivity contribution in [1.82, 2.24) is 9.62 Å². The first kappa shape index (κ1) is 26.5. The molecule has 2 aromatic carbocycles.